The molecule has 0 aliphatic rings. The van der Waals surface area contributed by atoms with E-state index < -0.39 is 14.7 Å². The molecule has 0 aliphatic heterocycles. The SMILES string of the molecule is CC(Cl)(Cl)S(=O)[O-]. The lowest BCUT2D eigenvalue weighted by atomic mass is 10.9. The fourth-order valence-electron chi connectivity index (χ4n) is 0. The summed E-state index contributed by atoms with van der Waals surface area (Å²) in [5, 5.41) is 0. The molecule has 0 saturated carbocycles. The molecule has 0 N–H and O–H groups in total. The van der Waals surface area contributed by atoms with Crippen molar-refractivity contribution >= 4 is 34.3 Å². The van der Waals surface area contributed by atoms with Crippen LogP contribution in [-0.4, -0.2) is 12.4 Å². The zero-order chi connectivity index (χ0) is 6.08. The summed E-state index contributed by atoms with van der Waals surface area (Å²) in [7, 11) is 0. The molecule has 0 radical (unpaired) electrons. The highest BCUT2D eigenvalue weighted by molar-refractivity contribution is 7.83. The van der Waals surface area contributed by atoms with Gasteiger partial charge in [-0.05, 0) is 18.0 Å². The zero-order valence-corrected chi connectivity index (χ0v) is 5.81. The molecular weight excluding hydrogens is 159 g/mol. The van der Waals surface area contributed by atoms with Crippen molar-refractivity contribution in [3.8, 4) is 0 Å². The van der Waals surface area contributed by atoms with Gasteiger partial charge < -0.3 is 4.55 Å². The number of hydrogen-bond acceptors (Lipinski definition) is 2. The Kier molecular flexibility index (Phi) is 2.53. The predicted octanol–water partition coefficient (Wildman–Crippen LogP) is 1.02. The van der Waals surface area contributed by atoms with Gasteiger partial charge >= 0.3 is 0 Å². The third-order valence-corrected chi connectivity index (χ3v) is 1.63. The fourth-order valence-corrected chi connectivity index (χ4v) is 0. The maximum atomic E-state index is 9.76. The first kappa shape index (κ1) is 7.69. The van der Waals surface area contributed by atoms with Crippen LogP contribution in [0, 0.1) is 0 Å². The third-order valence-electron chi connectivity index (χ3n) is 0.293. The van der Waals surface area contributed by atoms with Gasteiger partial charge in [-0.2, -0.15) is 0 Å². The molecule has 7 heavy (non-hydrogen) atoms. The van der Waals surface area contributed by atoms with E-state index in [0.29, 0.717) is 0 Å². The van der Waals surface area contributed by atoms with Crippen LogP contribution in [0.5, 0.6) is 0 Å². The van der Waals surface area contributed by atoms with Crippen LogP contribution in [0.2, 0.25) is 0 Å². The molecule has 44 valence electrons. The summed E-state index contributed by atoms with van der Waals surface area (Å²) in [5.41, 5.74) is 0. The third kappa shape index (κ3) is 3.29. The lowest BCUT2D eigenvalue weighted by Crippen LogP contribution is -2.13. The predicted molar refractivity (Wildman–Crippen MR) is 29.0 cm³/mol. The van der Waals surface area contributed by atoms with Crippen LogP contribution in [0.15, 0.2) is 0 Å². The van der Waals surface area contributed by atoms with Crippen LogP contribution >= 0.6 is 23.2 Å². The van der Waals surface area contributed by atoms with Gasteiger partial charge in [0.05, 0.1) is 0 Å². The Morgan fingerprint density at radius 3 is 1.86 bits per heavy atom. The topological polar surface area (TPSA) is 40.1 Å². The van der Waals surface area contributed by atoms with Crippen LogP contribution in [0.1, 0.15) is 6.92 Å². The molecule has 0 aromatic rings. The minimum absolute atomic E-state index is 1.18. The van der Waals surface area contributed by atoms with Gasteiger partial charge in [-0.25, -0.2) is 0 Å². The standard InChI is InChI=1S/C2H4Cl2O2S/c1-2(3,4)7(5)6/h1H3,(H,5,6)/p-1. The number of alkyl halides is 2. The average molecular weight is 162 g/mol. The van der Waals surface area contributed by atoms with Crippen LogP contribution in [-0.2, 0) is 11.1 Å². The largest absolute Gasteiger partial charge is 0.770 e. The average Bonchev–Trinajstić information content (AvgIpc) is 1.31. The lowest BCUT2D eigenvalue weighted by molar-refractivity contribution is 0.531. The van der Waals surface area contributed by atoms with Crippen molar-refractivity contribution in [2.24, 2.45) is 0 Å². The summed E-state index contributed by atoms with van der Waals surface area (Å²) >= 11 is 7.64. The van der Waals surface area contributed by atoms with E-state index in [9.17, 15) is 8.76 Å². The van der Waals surface area contributed by atoms with Crippen LogP contribution in [0.25, 0.3) is 0 Å². The van der Waals surface area contributed by atoms with Crippen molar-refractivity contribution in [2.75, 3.05) is 0 Å². The number of hydrogen-bond donors (Lipinski definition) is 0. The highest BCUT2D eigenvalue weighted by Crippen LogP contribution is 2.21. The summed E-state index contributed by atoms with van der Waals surface area (Å²) in [6.45, 7) is 1.18. The summed E-state index contributed by atoms with van der Waals surface area (Å²) < 4.78 is 17.9. The summed E-state index contributed by atoms with van der Waals surface area (Å²) in [6, 6.07) is 0. The number of rotatable bonds is 1. The molecule has 1 atom stereocenters. The molecule has 0 bridgehead atoms. The Bertz CT molecular complexity index is 86.2. The van der Waals surface area contributed by atoms with Gasteiger partial charge in [0.25, 0.3) is 0 Å². The maximum Gasteiger partial charge on any atom is 0.176 e. The minimum Gasteiger partial charge on any atom is -0.770 e. The molecule has 1 unspecified atom stereocenters. The van der Waals surface area contributed by atoms with Gasteiger partial charge in [0, 0.05) is 0 Å². The molecule has 0 aromatic carbocycles. The fraction of sp³-hybridized carbons (Fsp3) is 1.00. The Hall–Kier alpha value is 0.690. The highest BCUT2D eigenvalue weighted by atomic mass is 35.5. The van der Waals surface area contributed by atoms with Crippen molar-refractivity contribution in [2.45, 2.75) is 10.6 Å². The van der Waals surface area contributed by atoms with Crippen LogP contribution in [0.3, 0.4) is 0 Å². The first-order valence-corrected chi connectivity index (χ1v) is 3.25. The first-order valence-electron chi connectivity index (χ1n) is 1.42. The molecule has 5 heteroatoms. The molecule has 0 spiro atoms. The Morgan fingerprint density at radius 1 is 1.71 bits per heavy atom. The van der Waals surface area contributed by atoms with E-state index in [4.69, 9.17) is 23.2 Å². The summed E-state index contributed by atoms with van der Waals surface area (Å²) in [4.78, 5) is 0. The highest BCUT2D eigenvalue weighted by Gasteiger charge is 2.15. The molecule has 2 nitrogen and oxygen atoms in total. The summed E-state index contributed by atoms with van der Waals surface area (Å²) in [6.07, 6.45) is 0. The van der Waals surface area contributed by atoms with E-state index >= 15 is 0 Å². The second kappa shape index (κ2) is 2.31. The van der Waals surface area contributed by atoms with Crippen molar-refractivity contribution in [1.82, 2.24) is 0 Å². The van der Waals surface area contributed by atoms with Crippen molar-refractivity contribution < 1.29 is 8.76 Å². The normalized spacial score (nSPS) is 16.6. The van der Waals surface area contributed by atoms with Crippen molar-refractivity contribution in [3.63, 3.8) is 0 Å². The molecule has 0 saturated heterocycles. The van der Waals surface area contributed by atoms with Gasteiger partial charge in [0.1, 0.15) is 0 Å². The van der Waals surface area contributed by atoms with Gasteiger partial charge in [0.15, 0.2) is 3.67 Å². The van der Waals surface area contributed by atoms with Crippen LogP contribution in [0.4, 0.5) is 0 Å². The Balaban J connectivity index is 3.79. The van der Waals surface area contributed by atoms with E-state index in [1.54, 1.807) is 0 Å². The van der Waals surface area contributed by atoms with E-state index in [-0.39, 0.29) is 0 Å². The maximum absolute atomic E-state index is 9.76. The van der Waals surface area contributed by atoms with Gasteiger partial charge in [-0.1, -0.05) is 23.2 Å². The lowest BCUT2D eigenvalue weighted by Gasteiger charge is -2.15. The first-order chi connectivity index (χ1) is 2.94. The Labute approximate surface area is 54.1 Å². The quantitative estimate of drug-likeness (QED) is 0.426. The van der Waals surface area contributed by atoms with Gasteiger partial charge in [-0.15, -0.1) is 0 Å². The van der Waals surface area contributed by atoms with Gasteiger partial charge in [0.2, 0.25) is 0 Å². The molecule has 0 rings (SSSR count). The Morgan fingerprint density at radius 2 is 1.86 bits per heavy atom. The molecule has 0 amide bonds. The van der Waals surface area contributed by atoms with Crippen molar-refractivity contribution in [3.05, 3.63) is 0 Å². The van der Waals surface area contributed by atoms with E-state index in [1.807, 2.05) is 0 Å². The zero-order valence-electron chi connectivity index (χ0n) is 3.48. The van der Waals surface area contributed by atoms with E-state index in [2.05, 4.69) is 0 Å². The van der Waals surface area contributed by atoms with Crippen molar-refractivity contribution in [1.29, 1.82) is 0 Å². The molecule has 0 aliphatic carbocycles. The smallest absolute Gasteiger partial charge is 0.176 e. The molecular formula is C2H3Cl2O2S-. The molecule has 0 fully saturated rings. The monoisotopic (exact) mass is 161 g/mol. The second-order valence-corrected chi connectivity index (χ2v) is 4.48. The minimum atomic E-state index is -2.40. The van der Waals surface area contributed by atoms with E-state index in [1.165, 1.54) is 6.92 Å². The van der Waals surface area contributed by atoms with Crippen LogP contribution < -0.4 is 0 Å². The molecule has 0 heterocycles. The van der Waals surface area contributed by atoms with Gasteiger partial charge in [-0.3, -0.25) is 4.21 Å². The summed E-state index contributed by atoms with van der Waals surface area (Å²) in [5.74, 6) is 0. The molecule has 0 aromatic heterocycles. The second-order valence-electron chi connectivity index (χ2n) is 1.04. The van der Waals surface area contributed by atoms with E-state index in [0.717, 1.165) is 0 Å². The number of halogens is 2.